The molecule has 2 N–H and O–H groups in total. The van der Waals surface area contributed by atoms with Crippen molar-refractivity contribution in [3.8, 4) is 0 Å². The van der Waals surface area contributed by atoms with Crippen LogP contribution in [0.2, 0.25) is 0 Å². The number of carbonyl (C=O) groups excluding carboxylic acids is 1. The summed E-state index contributed by atoms with van der Waals surface area (Å²) in [7, 11) is -3.81. The summed E-state index contributed by atoms with van der Waals surface area (Å²) in [6.07, 6.45) is 1.84. The highest BCUT2D eigenvalue weighted by molar-refractivity contribution is 7.92. The van der Waals surface area contributed by atoms with Gasteiger partial charge in [0.25, 0.3) is 15.9 Å². The molecular formula is C21H28N2O3S. The Kier molecular flexibility index (Phi) is 6.65. The average molecular weight is 389 g/mol. The number of benzene rings is 2. The zero-order valence-corrected chi connectivity index (χ0v) is 17.4. The Labute approximate surface area is 162 Å². The minimum absolute atomic E-state index is 0.0388. The molecule has 0 aliphatic heterocycles. The highest BCUT2D eigenvalue weighted by atomic mass is 32.2. The van der Waals surface area contributed by atoms with Crippen LogP contribution in [0.3, 0.4) is 0 Å². The van der Waals surface area contributed by atoms with Crippen LogP contribution in [0, 0.1) is 20.8 Å². The van der Waals surface area contributed by atoms with Crippen LogP contribution in [-0.4, -0.2) is 20.4 Å². The highest BCUT2D eigenvalue weighted by Crippen LogP contribution is 2.24. The molecule has 0 saturated heterocycles. The van der Waals surface area contributed by atoms with E-state index in [1.807, 2.05) is 32.9 Å². The van der Waals surface area contributed by atoms with Crippen LogP contribution in [0.4, 0.5) is 5.69 Å². The Hall–Kier alpha value is -2.34. The quantitative estimate of drug-likeness (QED) is 0.741. The number of nitrogens with one attached hydrogen (secondary N) is 2. The number of sulfonamides is 1. The number of amides is 1. The van der Waals surface area contributed by atoms with Crippen molar-refractivity contribution in [3.05, 3.63) is 58.7 Å². The van der Waals surface area contributed by atoms with E-state index in [2.05, 4.69) is 17.0 Å². The lowest BCUT2D eigenvalue weighted by Gasteiger charge is -2.15. The second-order valence-corrected chi connectivity index (χ2v) is 8.72. The Morgan fingerprint density at radius 2 is 1.70 bits per heavy atom. The van der Waals surface area contributed by atoms with E-state index in [9.17, 15) is 13.2 Å². The molecule has 146 valence electrons. The summed E-state index contributed by atoms with van der Waals surface area (Å²) >= 11 is 0. The van der Waals surface area contributed by atoms with Crippen molar-refractivity contribution in [2.24, 2.45) is 0 Å². The standard InChI is InChI=1S/C21H28N2O3S/c1-6-7-17(5)22-21(24)18-11-10-16(4)20(13-18)27(25,26)23-19-12-14(2)8-9-15(19)3/h8-13,17,23H,6-7H2,1-5H3,(H,22,24). The normalized spacial score (nSPS) is 12.5. The van der Waals surface area contributed by atoms with E-state index >= 15 is 0 Å². The van der Waals surface area contributed by atoms with Gasteiger partial charge in [-0.3, -0.25) is 9.52 Å². The maximum atomic E-state index is 12.9. The van der Waals surface area contributed by atoms with E-state index in [-0.39, 0.29) is 16.8 Å². The molecule has 1 unspecified atom stereocenters. The Morgan fingerprint density at radius 1 is 1.04 bits per heavy atom. The molecule has 2 aromatic carbocycles. The number of hydrogen-bond donors (Lipinski definition) is 2. The molecule has 0 saturated carbocycles. The fraction of sp³-hybridized carbons (Fsp3) is 0.381. The van der Waals surface area contributed by atoms with Gasteiger partial charge in [0.1, 0.15) is 0 Å². The van der Waals surface area contributed by atoms with Gasteiger partial charge in [0, 0.05) is 11.6 Å². The van der Waals surface area contributed by atoms with Gasteiger partial charge in [0.05, 0.1) is 10.6 Å². The fourth-order valence-electron chi connectivity index (χ4n) is 2.89. The number of rotatable bonds is 7. The van der Waals surface area contributed by atoms with Crippen LogP contribution in [0.15, 0.2) is 41.3 Å². The second kappa shape index (κ2) is 8.57. The molecule has 0 aliphatic rings. The summed E-state index contributed by atoms with van der Waals surface area (Å²) in [5, 5.41) is 2.91. The lowest BCUT2D eigenvalue weighted by Crippen LogP contribution is -2.32. The van der Waals surface area contributed by atoms with Crippen LogP contribution in [0.25, 0.3) is 0 Å². The first-order valence-electron chi connectivity index (χ1n) is 9.15. The highest BCUT2D eigenvalue weighted by Gasteiger charge is 2.20. The van der Waals surface area contributed by atoms with Gasteiger partial charge in [0.2, 0.25) is 0 Å². The van der Waals surface area contributed by atoms with Crippen molar-refractivity contribution in [3.63, 3.8) is 0 Å². The predicted octanol–water partition coefficient (Wildman–Crippen LogP) is 4.33. The maximum absolute atomic E-state index is 12.9. The molecule has 0 fully saturated rings. The van der Waals surface area contributed by atoms with Crippen LogP contribution < -0.4 is 10.0 Å². The second-order valence-electron chi connectivity index (χ2n) is 7.07. The summed E-state index contributed by atoms with van der Waals surface area (Å²) in [4.78, 5) is 12.6. The van der Waals surface area contributed by atoms with Crippen molar-refractivity contribution in [1.82, 2.24) is 5.32 Å². The molecular weight excluding hydrogens is 360 g/mol. The van der Waals surface area contributed by atoms with Gasteiger partial charge in [-0.15, -0.1) is 0 Å². The first-order valence-corrected chi connectivity index (χ1v) is 10.6. The monoisotopic (exact) mass is 388 g/mol. The summed E-state index contributed by atoms with van der Waals surface area (Å²) in [6, 6.07) is 10.4. The first kappa shape index (κ1) is 21.0. The van der Waals surface area contributed by atoms with Crippen LogP contribution in [-0.2, 0) is 10.0 Å². The van der Waals surface area contributed by atoms with Crippen LogP contribution in [0.5, 0.6) is 0 Å². The van der Waals surface area contributed by atoms with E-state index in [1.54, 1.807) is 25.1 Å². The van der Waals surface area contributed by atoms with Gasteiger partial charge in [-0.2, -0.15) is 0 Å². The molecule has 0 bridgehead atoms. The zero-order valence-electron chi connectivity index (χ0n) is 16.6. The topological polar surface area (TPSA) is 75.3 Å². The summed E-state index contributed by atoms with van der Waals surface area (Å²) in [5.41, 5.74) is 3.27. The smallest absolute Gasteiger partial charge is 0.262 e. The van der Waals surface area contributed by atoms with Crippen molar-refractivity contribution in [2.45, 2.75) is 58.4 Å². The molecule has 0 heterocycles. The molecule has 2 rings (SSSR count). The third kappa shape index (κ3) is 5.32. The van der Waals surface area contributed by atoms with E-state index in [0.717, 1.165) is 24.0 Å². The molecule has 0 radical (unpaired) electrons. The molecule has 1 atom stereocenters. The summed E-state index contributed by atoms with van der Waals surface area (Å²) in [6.45, 7) is 9.47. The van der Waals surface area contributed by atoms with E-state index in [1.165, 1.54) is 6.07 Å². The molecule has 2 aromatic rings. The number of anilines is 1. The number of carbonyl (C=O) groups is 1. The third-order valence-electron chi connectivity index (χ3n) is 4.48. The molecule has 0 spiro atoms. The molecule has 0 aliphatic carbocycles. The van der Waals surface area contributed by atoms with Gasteiger partial charge < -0.3 is 5.32 Å². The first-order chi connectivity index (χ1) is 12.6. The third-order valence-corrected chi connectivity index (χ3v) is 5.98. The van der Waals surface area contributed by atoms with Crippen molar-refractivity contribution in [1.29, 1.82) is 0 Å². The molecule has 6 heteroatoms. The van der Waals surface area contributed by atoms with Gasteiger partial charge in [-0.25, -0.2) is 8.42 Å². The number of hydrogen-bond acceptors (Lipinski definition) is 3. The van der Waals surface area contributed by atoms with Crippen molar-refractivity contribution in [2.75, 3.05) is 4.72 Å². The molecule has 0 aromatic heterocycles. The van der Waals surface area contributed by atoms with Crippen LogP contribution >= 0.6 is 0 Å². The minimum Gasteiger partial charge on any atom is -0.350 e. The van der Waals surface area contributed by atoms with Gasteiger partial charge in [-0.1, -0.05) is 31.5 Å². The lowest BCUT2D eigenvalue weighted by molar-refractivity contribution is 0.0938. The molecule has 1 amide bonds. The van der Waals surface area contributed by atoms with Gasteiger partial charge >= 0.3 is 0 Å². The van der Waals surface area contributed by atoms with Crippen LogP contribution in [0.1, 0.15) is 53.7 Å². The predicted molar refractivity (Wildman–Crippen MR) is 110 cm³/mol. The van der Waals surface area contributed by atoms with Gasteiger partial charge in [-0.05, 0) is 69.0 Å². The lowest BCUT2D eigenvalue weighted by atomic mass is 10.1. The summed E-state index contributed by atoms with van der Waals surface area (Å²) < 4.78 is 28.5. The fourth-order valence-corrected chi connectivity index (χ4v) is 4.28. The van der Waals surface area contributed by atoms with E-state index in [4.69, 9.17) is 0 Å². The van der Waals surface area contributed by atoms with E-state index < -0.39 is 10.0 Å². The average Bonchev–Trinajstić information content (AvgIpc) is 2.58. The van der Waals surface area contributed by atoms with Crippen molar-refractivity contribution >= 4 is 21.6 Å². The minimum atomic E-state index is -3.81. The van der Waals surface area contributed by atoms with E-state index in [0.29, 0.717) is 16.8 Å². The molecule has 5 nitrogen and oxygen atoms in total. The largest absolute Gasteiger partial charge is 0.350 e. The Morgan fingerprint density at radius 3 is 2.37 bits per heavy atom. The Balaban J connectivity index is 2.33. The number of aryl methyl sites for hydroxylation is 3. The SMILES string of the molecule is CCCC(C)NC(=O)c1ccc(C)c(S(=O)(=O)Nc2cc(C)ccc2C)c1. The zero-order chi connectivity index (χ0) is 20.2. The Bertz CT molecular complexity index is 936. The summed E-state index contributed by atoms with van der Waals surface area (Å²) in [5.74, 6) is -0.265. The van der Waals surface area contributed by atoms with Crippen molar-refractivity contribution < 1.29 is 13.2 Å². The van der Waals surface area contributed by atoms with Gasteiger partial charge in [0.15, 0.2) is 0 Å². The molecule has 27 heavy (non-hydrogen) atoms. The maximum Gasteiger partial charge on any atom is 0.262 e.